The molecule has 9 nitrogen and oxygen atoms in total. The number of rotatable bonds is 6. The van der Waals surface area contributed by atoms with Crippen molar-refractivity contribution in [1.82, 2.24) is 30.0 Å². The average molecular weight is 486 g/mol. The lowest BCUT2D eigenvalue weighted by Gasteiger charge is -2.09. The van der Waals surface area contributed by atoms with E-state index in [1.54, 1.807) is 36.8 Å². The molecule has 4 aromatic rings. The van der Waals surface area contributed by atoms with Gasteiger partial charge in [-0.15, -0.1) is 5.10 Å². The molecule has 4 N–H and O–H groups in total. The fraction of sp³-hybridized carbons (Fsp3) is 0.136. The van der Waals surface area contributed by atoms with E-state index in [1.165, 1.54) is 10.7 Å². The van der Waals surface area contributed by atoms with E-state index in [-0.39, 0.29) is 17.3 Å². The summed E-state index contributed by atoms with van der Waals surface area (Å²) in [6.07, 6.45) is -3.03. The number of nitrogen functional groups attached to an aromatic ring is 1. The molecule has 0 fully saturated rings. The minimum atomic E-state index is -4.60. The zero-order valence-corrected chi connectivity index (χ0v) is 18.1. The summed E-state index contributed by atoms with van der Waals surface area (Å²) in [5, 5.41) is 8.96. The standard InChI is InChI=1S/C22H18F4N8O/c1-34-21(30-14-5-2-12(3-6-14)17-8-9-28-20(27)31-17)32-18(33-34)13-4-7-15(16(23)10-13)19(35)29-11-22(24,25)26/h2-10H,11H2,1H3,(H,29,35)(H2,27,28,31)(H,30,32,33). The number of amides is 1. The normalized spacial score (nSPS) is 11.3. The first kappa shape index (κ1) is 23.6. The van der Waals surface area contributed by atoms with Crippen molar-refractivity contribution in [3.05, 3.63) is 66.1 Å². The van der Waals surface area contributed by atoms with Crippen LogP contribution in [0.15, 0.2) is 54.7 Å². The molecule has 4 rings (SSSR count). The lowest BCUT2D eigenvalue weighted by atomic mass is 10.1. The van der Waals surface area contributed by atoms with Gasteiger partial charge in [-0.1, -0.05) is 18.2 Å². The number of nitrogens with zero attached hydrogens (tertiary/aromatic N) is 5. The average Bonchev–Trinajstić information content (AvgIpc) is 3.17. The van der Waals surface area contributed by atoms with Crippen LogP contribution in [0.25, 0.3) is 22.6 Å². The molecular weight excluding hydrogens is 468 g/mol. The summed E-state index contributed by atoms with van der Waals surface area (Å²) >= 11 is 0. The van der Waals surface area contributed by atoms with Crippen molar-refractivity contribution in [2.75, 3.05) is 17.6 Å². The second-order valence-electron chi connectivity index (χ2n) is 7.38. The van der Waals surface area contributed by atoms with Gasteiger partial charge in [0.2, 0.25) is 11.9 Å². The van der Waals surface area contributed by atoms with Gasteiger partial charge >= 0.3 is 6.18 Å². The predicted octanol–water partition coefficient (Wildman–Crippen LogP) is 3.70. The summed E-state index contributed by atoms with van der Waals surface area (Å²) in [4.78, 5) is 24.2. The van der Waals surface area contributed by atoms with Crippen LogP contribution in [0, 0.1) is 5.82 Å². The zero-order chi connectivity index (χ0) is 25.2. The van der Waals surface area contributed by atoms with Crippen molar-refractivity contribution < 1.29 is 22.4 Å². The summed E-state index contributed by atoms with van der Waals surface area (Å²) in [7, 11) is 1.63. The summed E-state index contributed by atoms with van der Waals surface area (Å²) in [6.45, 7) is -1.56. The highest BCUT2D eigenvalue weighted by Crippen LogP contribution is 2.24. The van der Waals surface area contributed by atoms with Crippen molar-refractivity contribution in [2.45, 2.75) is 6.18 Å². The molecule has 13 heteroatoms. The van der Waals surface area contributed by atoms with Crippen LogP contribution in [-0.4, -0.2) is 43.4 Å². The molecule has 2 aromatic heterocycles. The third-order valence-corrected chi connectivity index (χ3v) is 4.80. The first-order chi connectivity index (χ1) is 16.6. The number of hydrogen-bond acceptors (Lipinski definition) is 7. The second-order valence-corrected chi connectivity index (χ2v) is 7.38. The van der Waals surface area contributed by atoms with Crippen LogP contribution in [0.3, 0.4) is 0 Å². The molecule has 0 unspecified atom stereocenters. The van der Waals surface area contributed by atoms with Gasteiger partial charge in [0.05, 0.1) is 11.3 Å². The Kier molecular flexibility index (Phi) is 6.32. The Morgan fingerprint density at radius 2 is 1.77 bits per heavy atom. The smallest absolute Gasteiger partial charge is 0.368 e. The van der Waals surface area contributed by atoms with Gasteiger partial charge in [-0.25, -0.2) is 19.0 Å². The van der Waals surface area contributed by atoms with Gasteiger partial charge in [0.15, 0.2) is 5.82 Å². The first-order valence-corrected chi connectivity index (χ1v) is 10.1. The van der Waals surface area contributed by atoms with Crippen molar-refractivity contribution in [1.29, 1.82) is 0 Å². The second kappa shape index (κ2) is 9.37. The van der Waals surface area contributed by atoms with Crippen LogP contribution >= 0.6 is 0 Å². The van der Waals surface area contributed by atoms with Gasteiger partial charge < -0.3 is 16.4 Å². The summed E-state index contributed by atoms with van der Waals surface area (Å²) in [6, 6.07) is 12.4. The van der Waals surface area contributed by atoms with Gasteiger partial charge in [-0.3, -0.25) is 4.79 Å². The number of aryl methyl sites for hydroxylation is 1. The lowest BCUT2D eigenvalue weighted by Crippen LogP contribution is -2.34. The van der Waals surface area contributed by atoms with E-state index in [4.69, 9.17) is 5.73 Å². The van der Waals surface area contributed by atoms with E-state index in [0.29, 0.717) is 17.3 Å². The quantitative estimate of drug-likeness (QED) is 0.355. The molecule has 0 aliphatic carbocycles. The largest absolute Gasteiger partial charge is 0.405 e. The van der Waals surface area contributed by atoms with Crippen molar-refractivity contribution in [3.63, 3.8) is 0 Å². The maximum Gasteiger partial charge on any atom is 0.405 e. The number of carbonyl (C=O) groups is 1. The molecule has 0 radical (unpaired) electrons. The molecule has 35 heavy (non-hydrogen) atoms. The highest BCUT2D eigenvalue weighted by atomic mass is 19.4. The van der Waals surface area contributed by atoms with Crippen molar-refractivity contribution >= 4 is 23.5 Å². The number of hydrogen-bond donors (Lipinski definition) is 3. The van der Waals surface area contributed by atoms with E-state index in [2.05, 4.69) is 25.4 Å². The van der Waals surface area contributed by atoms with Crippen LogP contribution in [0.1, 0.15) is 10.4 Å². The molecule has 0 saturated carbocycles. The van der Waals surface area contributed by atoms with E-state index in [9.17, 15) is 22.4 Å². The van der Waals surface area contributed by atoms with Gasteiger partial charge in [0.1, 0.15) is 12.4 Å². The molecule has 0 bridgehead atoms. The first-order valence-electron chi connectivity index (χ1n) is 10.1. The fourth-order valence-electron chi connectivity index (χ4n) is 3.12. The van der Waals surface area contributed by atoms with Crippen LogP contribution in [0.5, 0.6) is 0 Å². The van der Waals surface area contributed by atoms with Crippen molar-refractivity contribution in [3.8, 4) is 22.6 Å². The van der Waals surface area contributed by atoms with Gasteiger partial charge in [0, 0.05) is 30.1 Å². The van der Waals surface area contributed by atoms with Crippen LogP contribution in [0.2, 0.25) is 0 Å². The van der Waals surface area contributed by atoms with Crippen LogP contribution in [0.4, 0.5) is 35.1 Å². The number of nitrogens with two attached hydrogens (primary N) is 1. The molecule has 0 atom stereocenters. The third kappa shape index (κ3) is 5.69. The van der Waals surface area contributed by atoms with E-state index >= 15 is 0 Å². The Labute approximate surface area is 196 Å². The molecule has 2 heterocycles. The predicted molar refractivity (Wildman–Crippen MR) is 120 cm³/mol. The highest BCUT2D eigenvalue weighted by Gasteiger charge is 2.28. The Hall–Kier alpha value is -4.55. The summed E-state index contributed by atoms with van der Waals surface area (Å²) in [5.41, 5.74) is 7.54. The van der Waals surface area contributed by atoms with Crippen LogP contribution in [-0.2, 0) is 7.05 Å². The monoisotopic (exact) mass is 486 g/mol. The number of carbonyl (C=O) groups excluding carboxylic acids is 1. The minimum Gasteiger partial charge on any atom is -0.368 e. The molecule has 0 spiro atoms. The van der Waals surface area contributed by atoms with Gasteiger partial charge in [0.25, 0.3) is 5.91 Å². The Balaban J connectivity index is 1.48. The Bertz CT molecular complexity index is 1370. The molecular formula is C22H18F4N8O. The number of aromatic nitrogens is 5. The number of benzene rings is 2. The Morgan fingerprint density at radius 1 is 1.06 bits per heavy atom. The fourth-order valence-corrected chi connectivity index (χ4v) is 3.12. The van der Waals surface area contributed by atoms with Crippen LogP contribution < -0.4 is 16.4 Å². The van der Waals surface area contributed by atoms with Crippen molar-refractivity contribution in [2.24, 2.45) is 7.05 Å². The number of alkyl halides is 3. The minimum absolute atomic E-state index is 0.157. The zero-order valence-electron chi connectivity index (χ0n) is 18.1. The lowest BCUT2D eigenvalue weighted by molar-refractivity contribution is -0.123. The van der Waals surface area contributed by atoms with E-state index in [0.717, 1.165) is 17.7 Å². The van der Waals surface area contributed by atoms with E-state index < -0.39 is 30.0 Å². The highest BCUT2D eigenvalue weighted by molar-refractivity contribution is 5.95. The van der Waals surface area contributed by atoms with E-state index in [1.807, 2.05) is 12.1 Å². The number of anilines is 3. The maximum absolute atomic E-state index is 14.4. The van der Waals surface area contributed by atoms with Gasteiger partial charge in [-0.05, 0) is 30.3 Å². The molecule has 2 aromatic carbocycles. The number of nitrogens with one attached hydrogen (secondary N) is 2. The molecule has 1 amide bonds. The molecule has 0 aliphatic heterocycles. The summed E-state index contributed by atoms with van der Waals surface area (Å²) in [5.74, 6) is -1.49. The molecule has 0 aliphatic rings. The molecule has 0 saturated heterocycles. The summed E-state index contributed by atoms with van der Waals surface area (Å²) < 4.78 is 52.7. The third-order valence-electron chi connectivity index (χ3n) is 4.80. The SMILES string of the molecule is Cn1nc(-c2ccc(C(=O)NCC(F)(F)F)c(F)c2)nc1Nc1ccc(-c2ccnc(N)n2)cc1. The maximum atomic E-state index is 14.4. The number of halogens is 4. The molecule has 180 valence electrons. The Morgan fingerprint density at radius 3 is 2.43 bits per heavy atom. The topological polar surface area (TPSA) is 124 Å². The van der Waals surface area contributed by atoms with Gasteiger partial charge in [-0.2, -0.15) is 18.2 Å².